The summed E-state index contributed by atoms with van der Waals surface area (Å²) in [6, 6.07) is 3.21. The largest absolute Gasteiger partial charge is 0.493 e. The molecule has 0 radical (unpaired) electrons. The smallest absolute Gasteiger partial charge is 0.338 e. The highest BCUT2D eigenvalue weighted by molar-refractivity contribution is 5.94. The first-order valence-electron chi connectivity index (χ1n) is 5.09. The molecule has 0 fully saturated rings. The molecule has 0 aliphatic carbocycles. The molecule has 1 aliphatic rings. The quantitative estimate of drug-likeness (QED) is 0.561. The lowest BCUT2D eigenvalue weighted by Crippen LogP contribution is -2.14. The van der Waals surface area contributed by atoms with E-state index in [4.69, 9.17) is 9.47 Å². The maximum absolute atomic E-state index is 11.6. The average molecular weight is 220 g/mol. The zero-order chi connectivity index (χ0) is 11.5. The van der Waals surface area contributed by atoms with Gasteiger partial charge in [0.1, 0.15) is 12.0 Å². The summed E-state index contributed by atoms with van der Waals surface area (Å²) in [6.07, 6.45) is 2.35. The van der Waals surface area contributed by atoms with E-state index in [2.05, 4.69) is 0 Å². The summed E-state index contributed by atoms with van der Waals surface area (Å²) in [4.78, 5) is 22.3. The molecule has 1 heterocycles. The van der Waals surface area contributed by atoms with Crippen molar-refractivity contribution in [1.82, 2.24) is 0 Å². The van der Waals surface area contributed by atoms with Crippen molar-refractivity contribution in [2.75, 3.05) is 13.7 Å². The van der Waals surface area contributed by atoms with Crippen molar-refractivity contribution in [3.05, 3.63) is 28.8 Å². The van der Waals surface area contributed by atoms with Crippen molar-refractivity contribution >= 4 is 12.3 Å². The molecule has 0 atom stereocenters. The fourth-order valence-corrected chi connectivity index (χ4v) is 1.84. The topological polar surface area (TPSA) is 52.6 Å². The molecule has 0 unspecified atom stereocenters. The van der Waals surface area contributed by atoms with Crippen LogP contribution in [0.5, 0.6) is 5.75 Å². The Labute approximate surface area is 93.2 Å². The van der Waals surface area contributed by atoms with Gasteiger partial charge in [0.2, 0.25) is 0 Å². The summed E-state index contributed by atoms with van der Waals surface area (Å²) >= 11 is 0. The van der Waals surface area contributed by atoms with Crippen LogP contribution < -0.4 is 4.74 Å². The summed E-state index contributed by atoms with van der Waals surface area (Å²) in [6.45, 7) is 0.621. The molecule has 2 rings (SSSR count). The first-order valence-corrected chi connectivity index (χ1v) is 5.09. The Morgan fingerprint density at radius 1 is 1.50 bits per heavy atom. The van der Waals surface area contributed by atoms with E-state index in [1.165, 1.54) is 7.11 Å². The number of carbonyl (C=O) groups is 2. The number of aldehydes is 1. The molecule has 4 heteroatoms. The SMILES string of the molecule is COC(=O)c1cc(C=O)cc2c1CCCO2. The van der Waals surface area contributed by atoms with Crippen LogP contribution in [0.1, 0.15) is 32.7 Å². The lowest BCUT2D eigenvalue weighted by molar-refractivity contribution is 0.0598. The van der Waals surface area contributed by atoms with E-state index in [1.807, 2.05) is 0 Å². The molecule has 84 valence electrons. The zero-order valence-electron chi connectivity index (χ0n) is 8.99. The molecule has 1 aliphatic heterocycles. The van der Waals surface area contributed by atoms with Crippen LogP contribution in [0.25, 0.3) is 0 Å². The van der Waals surface area contributed by atoms with E-state index >= 15 is 0 Å². The molecule has 0 amide bonds. The molecule has 0 saturated heterocycles. The molecular weight excluding hydrogens is 208 g/mol. The number of ether oxygens (including phenoxy) is 2. The summed E-state index contributed by atoms with van der Waals surface area (Å²) in [5.74, 6) is 0.196. The van der Waals surface area contributed by atoms with E-state index in [0.717, 1.165) is 18.4 Å². The summed E-state index contributed by atoms with van der Waals surface area (Å²) in [5.41, 5.74) is 1.70. The van der Waals surface area contributed by atoms with Gasteiger partial charge in [-0.3, -0.25) is 4.79 Å². The van der Waals surface area contributed by atoms with Crippen LogP contribution >= 0.6 is 0 Å². The Morgan fingerprint density at radius 2 is 2.31 bits per heavy atom. The molecule has 0 bridgehead atoms. The van der Waals surface area contributed by atoms with Crippen molar-refractivity contribution in [3.63, 3.8) is 0 Å². The number of hydrogen-bond donors (Lipinski definition) is 0. The molecule has 0 N–H and O–H groups in total. The Balaban J connectivity index is 2.56. The van der Waals surface area contributed by atoms with Crippen LogP contribution in [0, 0.1) is 0 Å². The Kier molecular flexibility index (Phi) is 2.90. The lowest BCUT2D eigenvalue weighted by atomic mass is 9.97. The van der Waals surface area contributed by atoms with Crippen molar-refractivity contribution in [2.24, 2.45) is 0 Å². The minimum Gasteiger partial charge on any atom is -0.493 e. The number of benzene rings is 1. The number of esters is 1. The van der Waals surface area contributed by atoms with Crippen LogP contribution in [-0.4, -0.2) is 26.0 Å². The van der Waals surface area contributed by atoms with E-state index in [1.54, 1.807) is 12.1 Å². The number of fused-ring (bicyclic) bond motifs is 1. The minimum absolute atomic E-state index is 0.426. The Hall–Kier alpha value is -1.84. The normalized spacial score (nSPS) is 13.6. The van der Waals surface area contributed by atoms with Crippen LogP contribution in [0.3, 0.4) is 0 Å². The van der Waals surface area contributed by atoms with Crippen molar-refractivity contribution in [2.45, 2.75) is 12.8 Å². The van der Waals surface area contributed by atoms with Gasteiger partial charge in [0.15, 0.2) is 0 Å². The predicted octanol–water partition coefficient (Wildman–Crippen LogP) is 1.61. The van der Waals surface area contributed by atoms with E-state index in [9.17, 15) is 9.59 Å². The molecule has 0 spiro atoms. The van der Waals surface area contributed by atoms with Crippen LogP contribution in [0.2, 0.25) is 0 Å². The number of hydrogen-bond acceptors (Lipinski definition) is 4. The average Bonchev–Trinajstić information content (AvgIpc) is 2.36. The second kappa shape index (κ2) is 4.35. The van der Waals surface area contributed by atoms with Gasteiger partial charge in [-0.05, 0) is 25.0 Å². The van der Waals surface area contributed by atoms with E-state index in [-0.39, 0.29) is 0 Å². The monoisotopic (exact) mass is 220 g/mol. The maximum Gasteiger partial charge on any atom is 0.338 e. The highest BCUT2D eigenvalue weighted by Gasteiger charge is 2.20. The fourth-order valence-electron chi connectivity index (χ4n) is 1.84. The molecule has 4 nitrogen and oxygen atoms in total. The third-order valence-electron chi connectivity index (χ3n) is 2.60. The summed E-state index contributed by atoms with van der Waals surface area (Å²) < 4.78 is 10.1. The zero-order valence-corrected chi connectivity index (χ0v) is 8.99. The molecule has 0 saturated carbocycles. The van der Waals surface area contributed by atoms with Gasteiger partial charge in [0.05, 0.1) is 19.3 Å². The van der Waals surface area contributed by atoms with Gasteiger partial charge in [-0.2, -0.15) is 0 Å². The molecule has 1 aromatic rings. The van der Waals surface area contributed by atoms with Crippen molar-refractivity contribution in [1.29, 1.82) is 0 Å². The van der Waals surface area contributed by atoms with E-state index < -0.39 is 5.97 Å². The second-order valence-corrected chi connectivity index (χ2v) is 3.61. The summed E-state index contributed by atoms with van der Waals surface area (Å²) in [7, 11) is 1.33. The third kappa shape index (κ3) is 1.78. The maximum atomic E-state index is 11.6. The highest BCUT2D eigenvalue weighted by Crippen LogP contribution is 2.29. The lowest BCUT2D eigenvalue weighted by Gasteiger charge is -2.19. The van der Waals surface area contributed by atoms with Crippen LogP contribution in [-0.2, 0) is 11.2 Å². The van der Waals surface area contributed by atoms with Crippen LogP contribution in [0.15, 0.2) is 12.1 Å². The first-order chi connectivity index (χ1) is 7.76. The van der Waals surface area contributed by atoms with Gasteiger partial charge in [-0.25, -0.2) is 4.79 Å². The second-order valence-electron chi connectivity index (χ2n) is 3.61. The van der Waals surface area contributed by atoms with Gasteiger partial charge in [0.25, 0.3) is 0 Å². The molecule has 1 aromatic carbocycles. The van der Waals surface area contributed by atoms with Gasteiger partial charge < -0.3 is 9.47 Å². The number of methoxy groups -OCH3 is 1. The predicted molar refractivity (Wildman–Crippen MR) is 57.0 cm³/mol. The number of carbonyl (C=O) groups excluding carboxylic acids is 2. The van der Waals surface area contributed by atoms with Crippen LogP contribution in [0.4, 0.5) is 0 Å². The van der Waals surface area contributed by atoms with Crippen molar-refractivity contribution < 1.29 is 19.1 Å². The highest BCUT2D eigenvalue weighted by atomic mass is 16.5. The standard InChI is InChI=1S/C12H12O4/c1-15-12(14)10-5-8(7-13)6-11-9(10)3-2-4-16-11/h5-7H,2-4H2,1H3. The minimum atomic E-state index is -0.426. The first kappa shape index (κ1) is 10.7. The summed E-state index contributed by atoms with van der Waals surface area (Å²) in [5, 5.41) is 0. The molecular formula is C12H12O4. The van der Waals surface area contributed by atoms with Gasteiger partial charge >= 0.3 is 5.97 Å². The molecule has 16 heavy (non-hydrogen) atoms. The van der Waals surface area contributed by atoms with E-state index in [0.29, 0.717) is 29.8 Å². The van der Waals surface area contributed by atoms with Gasteiger partial charge in [-0.15, -0.1) is 0 Å². The third-order valence-corrected chi connectivity index (χ3v) is 2.60. The van der Waals surface area contributed by atoms with Crippen molar-refractivity contribution in [3.8, 4) is 5.75 Å². The fraction of sp³-hybridized carbons (Fsp3) is 0.333. The molecule has 0 aromatic heterocycles. The number of rotatable bonds is 2. The van der Waals surface area contributed by atoms with Gasteiger partial charge in [0, 0.05) is 11.1 Å². The van der Waals surface area contributed by atoms with Gasteiger partial charge in [-0.1, -0.05) is 0 Å². The Bertz CT molecular complexity index is 437. The Morgan fingerprint density at radius 3 is 3.00 bits per heavy atom.